The first kappa shape index (κ1) is 15.9. The minimum atomic E-state index is 0.511. The van der Waals surface area contributed by atoms with Gasteiger partial charge in [0.05, 0.1) is 6.54 Å². The van der Waals surface area contributed by atoms with E-state index in [4.69, 9.17) is 4.74 Å². The van der Waals surface area contributed by atoms with Crippen molar-refractivity contribution in [3.05, 3.63) is 11.6 Å². The molecule has 3 rings (SSSR count). The molecule has 22 heavy (non-hydrogen) atoms. The zero-order valence-corrected chi connectivity index (χ0v) is 14.1. The SMILES string of the molecule is COCc1nc2n(n1)C[C@@H](NC[C@H](C)C1CCCCC1)CC2. The molecule has 1 aliphatic carbocycles. The quantitative estimate of drug-likeness (QED) is 0.877. The molecule has 1 saturated carbocycles. The molecule has 0 spiro atoms. The number of rotatable bonds is 6. The second kappa shape index (κ2) is 7.55. The molecule has 1 N–H and O–H groups in total. The lowest BCUT2D eigenvalue weighted by atomic mass is 9.81. The van der Waals surface area contributed by atoms with Crippen LogP contribution in [0.5, 0.6) is 0 Å². The number of nitrogens with zero attached hydrogens (tertiary/aromatic N) is 3. The van der Waals surface area contributed by atoms with Crippen molar-refractivity contribution in [3.8, 4) is 0 Å². The molecule has 1 fully saturated rings. The van der Waals surface area contributed by atoms with Crippen molar-refractivity contribution >= 4 is 0 Å². The summed E-state index contributed by atoms with van der Waals surface area (Å²) in [4.78, 5) is 4.54. The molecule has 1 aliphatic heterocycles. The van der Waals surface area contributed by atoms with Crippen molar-refractivity contribution in [2.24, 2.45) is 11.8 Å². The van der Waals surface area contributed by atoms with Crippen LogP contribution in [0.2, 0.25) is 0 Å². The Morgan fingerprint density at radius 2 is 2.09 bits per heavy atom. The highest BCUT2D eigenvalue weighted by Gasteiger charge is 2.24. The number of nitrogens with one attached hydrogen (secondary N) is 1. The van der Waals surface area contributed by atoms with Crippen LogP contribution in [0.1, 0.15) is 57.1 Å². The van der Waals surface area contributed by atoms with Gasteiger partial charge in [-0.1, -0.05) is 39.0 Å². The summed E-state index contributed by atoms with van der Waals surface area (Å²) < 4.78 is 7.19. The van der Waals surface area contributed by atoms with Crippen molar-refractivity contribution in [3.63, 3.8) is 0 Å². The van der Waals surface area contributed by atoms with Crippen LogP contribution in [0.15, 0.2) is 0 Å². The molecule has 0 unspecified atom stereocenters. The number of aryl methyl sites for hydroxylation is 1. The van der Waals surface area contributed by atoms with Crippen LogP contribution in [0, 0.1) is 11.8 Å². The third kappa shape index (κ3) is 3.87. The largest absolute Gasteiger partial charge is 0.377 e. The van der Waals surface area contributed by atoms with Gasteiger partial charge in [0.15, 0.2) is 5.82 Å². The van der Waals surface area contributed by atoms with Crippen molar-refractivity contribution in [2.75, 3.05) is 13.7 Å². The fourth-order valence-corrected chi connectivity index (χ4v) is 3.94. The fraction of sp³-hybridized carbons (Fsp3) is 0.882. The Morgan fingerprint density at radius 3 is 2.86 bits per heavy atom. The van der Waals surface area contributed by atoms with Gasteiger partial charge in [0, 0.05) is 19.6 Å². The van der Waals surface area contributed by atoms with Crippen molar-refractivity contribution in [1.29, 1.82) is 0 Å². The molecule has 124 valence electrons. The Labute approximate surface area is 133 Å². The van der Waals surface area contributed by atoms with Crippen LogP contribution in [-0.2, 0) is 24.3 Å². The first-order valence-corrected chi connectivity index (χ1v) is 8.91. The summed E-state index contributed by atoms with van der Waals surface area (Å²) in [5, 5.41) is 8.33. The number of fused-ring (bicyclic) bond motifs is 1. The van der Waals surface area contributed by atoms with Crippen LogP contribution in [0.3, 0.4) is 0 Å². The number of hydrogen-bond donors (Lipinski definition) is 1. The maximum atomic E-state index is 5.12. The summed E-state index contributed by atoms with van der Waals surface area (Å²) >= 11 is 0. The number of hydrogen-bond acceptors (Lipinski definition) is 4. The summed E-state index contributed by atoms with van der Waals surface area (Å²) in [6.45, 7) is 5.02. The van der Waals surface area contributed by atoms with Crippen LogP contribution in [0.4, 0.5) is 0 Å². The second-order valence-corrected chi connectivity index (χ2v) is 7.08. The predicted molar refractivity (Wildman–Crippen MR) is 86.6 cm³/mol. The molecule has 5 nitrogen and oxygen atoms in total. The van der Waals surface area contributed by atoms with E-state index in [1.54, 1.807) is 7.11 Å². The Hall–Kier alpha value is -0.940. The molecule has 2 heterocycles. The molecular formula is C17H30N4O. The molecule has 5 heteroatoms. The molecule has 2 aliphatic rings. The molecule has 2 atom stereocenters. The van der Waals surface area contributed by atoms with Crippen molar-refractivity contribution in [1.82, 2.24) is 20.1 Å². The van der Waals surface area contributed by atoms with Crippen molar-refractivity contribution in [2.45, 2.75) is 71.1 Å². The number of ether oxygens (including phenoxy) is 1. The van der Waals surface area contributed by atoms with Crippen molar-refractivity contribution < 1.29 is 4.74 Å². The standard InChI is InChI=1S/C17H30N4O/c1-13(14-6-4-3-5-7-14)10-18-15-8-9-17-19-16(12-22-2)20-21(17)11-15/h13-15,18H,3-12H2,1-2H3/t13-,15-/m0/s1. The van der Waals surface area contributed by atoms with Gasteiger partial charge in [-0.2, -0.15) is 5.10 Å². The Bertz CT molecular complexity index is 467. The third-order valence-electron chi connectivity index (χ3n) is 5.36. The summed E-state index contributed by atoms with van der Waals surface area (Å²) in [5.41, 5.74) is 0. The Morgan fingerprint density at radius 1 is 1.27 bits per heavy atom. The lowest BCUT2D eigenvalue weighted by Gasteiger charge is -2.30. The van der Waals surface area contributed by atoms with Gasteiger partial charge in [0.2, 0.25) is 0 Å². The van der Waals surface area contributed by atoms with Gasteiger partial charge in [-0.15, -0.1) is 0 Å². The van der Waals surface area contributed by atoms with E-state index in [2.05, 4.69) is 27.0 Å². The smallest absolute Gasteiger partial charge is 0.176 e. The molecule has 0 aromatic carbocycles. The van der Waals surface area contributed by atoms with E-state index in [0.29, 0.717) is 12.6 Å². The lowest BCUT2D eigenvalue weighted by Crippen LogP contribution is -2.41. The minimum absolute atomic E-state index is 0.511. The van der Waals surface area contributed by atoms with E-state index < -0.39 is 0 Å². The Balaban J connectivity index is 1.47. The third-order valence-corrected chi connectivity index (χ3v) is 5.36. The zero-order valence-electron chi connectivity index (χ0n) is 14.1. The highest BCUT2D eigenvalue weighted by molar-refractivity contribution is 4.97. The zero-order chi connectivity index (χ0) is 15.4. The molecule has 0 radical (unpaired) electrons. The molecule has 1 aromatic heterocycles. The summed E-state index contributed by atoms with van der Waals surface area (Å²) in [6.07, 6.45) is 9.36. The van der Waals surface area contributed by atoms with E-state index in [1.807, 2.05) is 0 Å². The van der Waals surface area contributed by atoms with Gasteiger partial charge >= 0.3 is 0 Å². The van der Waals surface area contributed by atoms with Crippen LogP contribution < -0.4 is 5.32 Å². The van der Waals surface area contributed by atoms with Gasteiger partial charge in [-0.3, -0.25) is 0 Å². The van der Waals surface area contributed by atoms with Gasteiger partial charge in [-0.05, 0) is 24.8 Å². The van der Waals surface area contributed by atoms with E-state index in [-0.39, 0.29) is 0 Å². The second-order valence-electron chi connectivity index (χ2n) is 7.08. The van der Waals surface area contributed by atoms with Gasteiger partial charge in [0.1, 0.15) is 12.4 Å². The summed E-state index contributed by atoms with van der Waals surface area (Å²) in [5.74, 6) is 3.65. The van der Waals surface area contributed by atoms with Crippen LogP contribution >= 0.6 is 0 Å². The molecule has 1 aromatic rings. The van der Waals surface area contributed by atoms with E-state index in [0.717, 1.165) is 43.0 Å². The fourth-order valence-electron chi connectivity index (χ4n) is 3.94. The average Bonchev–Trinajstić information content (AvgIpc) is 2.95. The minimum Gasteiger partial charge on any atom is -0.377 e. The van der Waals surface area contributed by atoms with Gasteiger partial charge in [-0.25, -0.2) is 9.67 Å². The number of methoxy groups -OCH3 is 1. The van der Waals surface area contributed by atoms with E-state index in [1.165, 1.54) is 38.5 Å². The van der Waals surface area contributed by atoms with Crippen LogP contribution in [-0.4, -0.2) is 34.5 Å². The monoisotopic (exact) mass is 306 g/mol. The summed E-state index contributed by atoms with van der Waals surface area (Å²) in [7, 11) is 1.69. The molecule has 0 saturated heterocycles. The van der Waals surface area contributed by atoms with Gasteiger partial charge < -0.3 is 10.1 Å². The molecule has 0 bridgehead atoms. The maximum absolute atomic E-state index is 5.12. The highest BCUT2D eigenvalue weighted by Crippen LogP contribution is 2.29. The van der Waals surface area contributed by atoms with Gasteiger partial charge in [0.25, 0.3) is 0 Å². The first-order chi connectivity index (χ1) is 10.8. The Kier molecular flexibility index (Phi) is 5.47. The molecule has 0 amide bonds. The average molecular weight is 306 g/mol. The predicted octanol–water partition coefficient (Wildman–Crippen LogP) is 2.55. The maximum Gasteiger partial charge on any atom is 0.176 e. The highest BCUT2D eigenvalue weighted by atomic mass is 16.5. The number of aromatic nitrogens is 3. The van der Waals surface area contributed by atoms with E-state index >= 15 is 0 Å². The normalized spacial score (nSPS) is 24.2. The molecular weight excluding hydrogens is 276 g/mol. The lowest BCUT2D eigenvalue weighted by molar-refractivity contribution is 0.177. The van der Waals surface area contributed by atoms with E-state index in [9.17, 15) is 0 Å². The summed E-state index contributed by atoms with van der Waals surface area (Å²) in [6, 6.07) is 0.538. The topological polar surface area (TPSA) is 52.0 Å². The first-order valence-electron chi connectivity index (χ1n) is 8.91. The van der Waals surface area contributed by atoms with Crippen LogP contribution in [0.25, 0.3) is 0 Å².